The predicted octanol–water partition coefficient (Wildman–Crippen LogP) is 1.49. The van der Waals surface area contributed by atoms with Crippen LogP contribution in [0.4, 0.5) is 0 Å². The molecule has 0 aliphatic carbocycles. The Morgan fingerprint density at radius 2 is 1.89 bits per heavy atom. The number of nitrogens with zero attached hydrogens (tertiary/aromatic N) is 2. The maximum Gasteiger partial charge on any atom is 0.147 e. The Balaban J connectivity index is 2.06. The van der Waals surface area contributed by atoms with E-state index in [-0.39, 0.29) is 5.75 Å². The van der Waals surface area contributed by atoms with Crippen molar-refractivity contribution < 1.29 is 13.5 Å². The fourth-order valence-corrected chi connectivity index (χ4v) is 2.58. The number of aromatic nitrogens is 2. The lowest BCUT2D eigenvalue weighted by atomic mass is 10.0. The van der Waals surface area contributed by atoms with E-state index >= 15 is 0 Å². The number of benzene rings is 1. The highest BCUT2D eigenvalue weighted by atomic mass is 32.2. The maximum absolute atomic E-state index is 11.0. The molecule has 2 rings (SSSR count). The van der Waals surface area contributed by atoms with E-state index in [0.717, 1.165) is 16.6 Å². The normalized spacial score (nSPS) is 13.6. The topological polar surface area (TPSA) is 80.2 Å². The average Bonchev–Trinajstić information content (AvgIpc) is 2.36. The lowest BCUT2D eigenvalue weighted by Crippen LogP contribution is -2.05. The van der Waals surface area contributed by atoms with Gasteiger partial charge >= 0.3 is 0 Å². The average molecular weight is 280 g/mol. The molecule has 0 saturated carbocycles. The first kappa shape index (κ1) is 13.9. The van der Waals surface area contributed by atoms with Crippen molar-refractivity contribution in [3.05, 3.63) is 36.2 Å². The molecule has 0 bridgehead atoms. The Morgan fingerprint density at radius 3 is 2.58 bits per heavy atom. The molecule has 0 radical (unpaired) electrons. The molecule has 2 aromatic rings. The largest absolute Gasteiger partial charge is 0.388 e. The Hall–Kier alpha value is -1.53. The van der Waals surface area contributed by atoms with Crippen LogP contribution in [0.2, 0.25) is 0 Å². The third-order valence-corrected chi connectivity index (χ3v) is 3.90. The molecule has 1 unspecified atom stereocenters. The van der Waals surface area contributed by atoms with Gasteiger partial charge in [0.15, 0.2) is 0 Å². The van der Waals surface area contributed by atoms with Crippen LogP contribution in [0.1, 0.15) is 24.5 Å². The van der Waals surface area contributed by atoms with Crippen LogP contribution in [0.5, 0.6) is 0 Å². The summed E-state index contributed by atoms with van der Waals surface area (Å²) in [4.78, 5) is 8.33. The van der Waals surface area contributed by atoms with E-state index in [2.05, 4.69) is 9.97 Å². The molecule has 0 amide bonds. The fourth-order valence-electron chi connectivity index (χ4n) is 1.89. The zero-order valence-corrected chi connectivity index (χ0v) is 11.5. The Bertz CT molecular complexity index is 670. The van der Waals surface area contributed by atoms with E-state index in [4.69, 9.17) is 0 Å². The van der Waals surface area contributed by atoms with Crippen LogP contribution in [0.3, 0.4) is 0 Å². The first-order valence-electron chi connectivity index (χ1n) is 6.02. The van der Waals surface area contributed by atoms with Crippen LogP contribution >= 0.6 is 0 Å². The van der Waals surface area contributed by atoms with Gasteiger partial charge in [-0.25, -0.2) is 8.42 Å². The summed E-state index contributed by atoms with van der Waals surface area (Å²) in [6.07, 6.45) is 4.60. The molecular formula is C13H16N2O3S. The third kappa shape index (κ3) is 3.97. The zero-order chi connectivity index (χ0) is 13.9. The van der Waals surface area contributed by atoms with E-state index in [1.807, 2.05) is 0 Å². The number of hydrogen-bond donors (Lipinski definition) is 1. The van der Waals surface area contributed by atoms with Gasteiger partial charge < -0.3 is 5.11 Å². The summed E-state index contributed by atoms with van der Waals surface area (Å²) in [5, 5.41) is 10.0. The summed E-state index contributed by atoms with van der Waals surface area (Å²) in [7, 11) is -2.97. The molecule has 1 atom stereocenters. The van der Waals surface area contributed by atoms with Gasteiger partial charge in [0, 0.05) is 24.4 Å². The zero-order valence-electron chi connectivity index (χ0n) is 10.7. The standard InChI is InChI=1S/C13H16N2O3S/c1-19(17,18)8-2-3-13(16)10-4-5-11-12(9-10)15-7-6-14-11/h4-7,9,13,16H,2-3,8H2,1H3. The van der Waals surface area contributed by atoms with E-state index in [1.54, 1.807) is 30.6 Å². The quantitative estimate of drug-likeness (QED) is 0.897. The molecule has 19 heavy (non-hydrogen) atoms. The predicted molar refractivity (Wildman–Crippen MR) is 73.4 cm³/mol. The van der Waals surface area contributed by atoms with Gasteiger partial charge in [-0.1, -0.05) is 6.07 Å². The first-order valence-corrected chi connectivity index (χ1v) is 8.08. The van der Waals surface area contributed by atoms with Gasteiger partial charge in [-0.15, -0.1) is 0 Å². The number of aliphatic hydroxyl groups is 1. The van der Waals surface area contributed by atoms with E-state index in [1.165, 1.54) is 6.26 Å². The molecule has 1 N–H and O–H groups in total. The van der Waals surface area contributed by atoms with Crippen molar-refractivity contribution in [1.29, 1.82) is 0 Å². The first-order chi connectivity index (χ1) is 8.96. The maximum atomic E-state index is 11.0. The summed E-state index contributed by atoms with van der Waals surface area (Å²) >= 11 is 0. The van der Waals surface area contributed by atoms with Crippen LogP contribution in [0.25, 0.3) is 11.0 Å². The Kier molecular flexibility index (Phi) is 4.11. The molecule has 0 saturated heterocycles. The second-order valence-electron chi connectivity index (χ2n) is 4.59. The number of sulfone groups is 1. The fraction of sp³-hybridized carbons (Fsp3) is 0.385. The third-order valence-electron chi connectivity index (χ3n) is 2.87. The molecule has 0 fully saturated rings. The SMILES string of the molecule is CS(=O)(=O)CCCC(O)c1ccc2nccnc2c1. The number of hydrogen-bond acceptors (Lipinski definition) is 5. The van der Waals surface area contributed by atoms with Gasteiger partial charge in [0.05, 0.1) is 17.1 Å². The van der Waals surface area contributed by atoms with Crippen molar-refractivity contribution in [1.82, 2.24) is 9.97 Å². The minimum absolute atomic E-state index is 0.0947. The lowest BCUT2D eigenvalue weighted by molar-refractivity contribution is 0.167. The summed E-state index contributed by atoms with van der Waals surface area (Å²) in [6.45, 7) is 0. The summed E-state index contributed by atoms with van der Waals surface area (Å²) < 4.78 is 22.0. The van der Waals surface area contributed by atoms with Crippen molar-refractivity contribution in [2.24, 2.45) is 0 Å². The monoisotopic (exact) mass is 280 g/mol. The molecule has 6 heteroatoms. The molecule has 1 aromatic heterocycles. The molecule has 0 aliphatic heterocycles. The smallest absolute Gasteiger partial charge is 0.147 e. The van der Waals surface area contributed by atoms with Gasteiger partial charge in [0.1, 0.15) is 9.84 Å². The van der Waals surface area contributed by atoms with Crippen LogP contribution in [0, 0.1) is 0 Å². The minimum Gasteiger partial charge on any atom is -0.388 e. The molecule has 5 nitrogen and oxygen atoms in total. The van der Waals surface area contributed by atoms with Crippen LogP contribution < -0.4 is 0 Å². The van der Waals surface area contributed by atoms with Crippen LogP contribution in [-0.2, 0) is 9.84 Å². The summed E-state index contributed by atoms with van der Waals surface area (Å²) in [5.41, 5.74) is 2.23. The highest BCUT2D eigenvalue weighted by Crippen LogP contribution is 2.21. The highest BCUT2D eigenvalue weighted by Gasteiger charge is 2.10. The number of aliphatic hydroxyl groups excluding tert-OH is 1. The van der Waals surface area contributed by atoms with Gasteiger partial charge in [-0.3, -0.25) is 9.97 Å². The number of fused-ring (bicyclic) bond motifs is 1. The van der Waals surface area contributed by atoms with Gasteiger partial charge in [-0.2, -0.15) is 0 Å². The van der Waals surface area contributed by atoms with Crippen molar-refractivity contribution in [2.75, 3.05) is 12.0 Å². The Morgan fingerprint density at radius 1 is 1.21 bits per heavy atom. The second kappa shape index (κ2) is 5.63. The molecule has 1 aromatic carbocycles. The molecule has 1 heterocycles. The molecular weight excluding hydrogens is 264 g/mol. The van der Waals surface area contributed by atoms with Crippen molar-refractivity contribution in [2.45, 2.75) is 18.9 Å². The molecule has 0 spiro atoms. The van der Waals surface area contributed by atoms with Crippen LogP contribution in [0.15, 0.2) is 30.6 Å². The van der Waals surface area contributed by atoms with Crippen molar-refractivity contribution in [3.63, 3.8) is 0 Å². The van der Waals surface area contributed by atoms with Crippen molar-refractivity contribution in [3.8, 4) is 0 Å². The van der Waals surface area contributed by atoms with Crippen molar-refractivity contribution >= 4 is 20.9 Å². The minimum atomic E-state index is -2.97. The number of rotatable bonds is 5. The summed E-state index contributed by atoms with van der Waals surface area (Å²) in [5.74, 6) is 0.0947. The van der Waals surface area contributed by atoms with E-state index in [9.17, 15) is 13.5 Å². The molecule has 102 valence electrons. The molecule has 0 aliphatic rings. The second-order valence-corrected chi connectivity index (χ2v) is 6.85. The van der Waals surface area contributed by atoms with Gasteiger partial charge in [0.2, 0.25) is 0 Å². The Labute approximate surface area is 112 Å². The lowest BCUT2D eigenvalue weighted by Gasteiger charge is -2.11. The van der Waals surface area contributed by atoms with Gasteiger partial charge in [0.25, 0.3) is 0 Å². The van der Waals surface area contributed by atoms with Gasteiger partial charge in [-0.05, 0) is 30.5 Å². The summed E-state index contributed by atoms with van der Waals surface area (Å²) in [6, 6.07) is 5.38. The highest BCUT2D eigenvalue weighted by molar-refractivity contribution is 7.90. The van der Waals surface area contributed by atoms with Crippen LogP contribution in [-0.4, -0.2) is 35.5 Å². The van der Waals surface area contributed by atoms with E-state index < -0.39 is 15.9 Å². The van der Waals surface area contributed by atoms with E-state index in [0.29, 0.717) is 12.8 Å².